The van der Waals surface area contributed by atoms with Gasteiger partial charge in [0.15, 0.2) is 0 Å². The fourth-order valence-corrected chi connectivity index (χ4v) is 1.53. The first-order chi connectivity index (χ1) is 6.25. The smallest absolute Gasteiger partial charge is 0.142 e. The number of halogens is 2. The predicted molar refractivity (Wildman–Crippen MR) is 54.6 cm³/mol. The van der Waals surface area contributed by atoms with Gasteiger partial charge in [-0.3, -0.25) is 0 Å². The third-order valence-corrected chi connectivity index (χ3v) is 2.50. The Morgan fingerprint density at radius 2 is 2.08 bits per heavy atom. The summed E-state index contributed by atoms with van der Waals surface area (Å²) in [5, 5.41) is 0.290. The van der Waals surface area contributed by atoms with Crippen LogP contribution in [-0.4, -0.2) is 0 Å². The average Bonchev–Trinajstić information content (AvgIpc) is 2.13. The molecule has 0 atom stereocenters. The Bertz CT molecular complexity index is 271. The molecule has 0 heterocycles. The van der Waals surface area contributed by atoms with E-state index in [0.717, 1.165) is 18.4 Å². The number of rotatable bonds is 4. The third-order valence-electron chi connectivity index (χ3n) is 2.08. The highest BCUT2D eigenvalue weighted by Gasteiger charge is 2.04. The van der Waals surface area contributed by atoms with Crippen LogP contribution in [0.1, 0.15) is 31.7 Å². The first kappa shape index (κ1) is 10.5. The van der Waals surface area contributed by atoms with Crippen LogP contribution in [-0.2, 0) is 6.42 Å². The van der Waals surface area contributed by atoms with Crippen LogP contribution < -0.4 is 0 Å². The Labute approximate surface area is 83.7 Å². The van der Waals surface area contributed by atoms with Gasteiger partial charge >= 0.3 is 0 Å². The van der Waals surface area contributed by atoms with E-state index in [4.69, 9.17) is 11.6 Å². The standard InChI is InChI=1S/C11H14ClF/c1-2-3-4-6-9-7-5-8-10(13)11(9)12/h5,7-8H,2-4,6H2,1H3. The van der Waals surface area contributed by atoms with E-state index in [1.165, 1.54) is 18.9 Å². The summed E-state index contributed by atoms with van der Waals surface area (Å²) >= 11 is 5.80. The summed E-state index contributed by atoms with van der Waals surface area (Å²) in [6, 6.07) is 5.00. The molecule has 72 valence electrons. The molecule has 0 spiro atoms. The fourth-order valence-electron chi connectivity index (χ4n) is 1.31. The maximum absolute atomic E-state index is 13.0. The van der Waals surface area contributed by atoms with Gasteiger partial charge in [0.1, 0.15) is 5.82 Å². The van der Waals surface area contributed by atoms with Gasteiger partial charge in [-0.15, -0.1) is 0 Å². The number of hydrogen-bond acceptors (Lipinski definition) is 0. The Balaban J connectivity index is 2.61. The van der Waals surface area contributed by atoms with E-state index >= 15 is 0 Å². The molecule has 0 bridgehead atoms. The molecular weight excluding hydrogens is 187 g/mol. The summed E-state index contributed by atoms with van der Waals surface area (Å²) < 4.78 is 13.0. The van der Waals surface area contributed by atoms with Gasteiger partial charge in [0.05, 0.1) is 5.02 Å². The second-order valence-corrected chi connectivity index (χ2v) is 3.55. The molecule has 2 heteroatoms. The van der Waals surface area contributed by atoms with Gasteiger partial charge in [0.2, 0.25) is 0 Å². The van der Waals surface area contributed by atoms with Gasteiger partial charge in [-0.1, -0.05) is 43.5 Å². The van der Waals surface area contributed by atoms with Crippen molar-refractivity contribution in [3.8, 4) is 0 Å². The molecule has 0 radical (unpaired) electrons. The van der Waals surface area contributed by atoms with Gasteiger partial charge in [0.25, 0.3) is 0 Å². The van der Waals surface area contributed by atoms with Crippen molar-refractivity contribution in [1.82, 2.24) is 0 Å². The molecule has 0 nitrogen and oxygen atoms in total. The fraction of sp³-hybridized carbons (Fsp3) is 0.455. The first-order valence-electron chi connectivity index (χ1n) is 4.68. The lowest BCUT2D eigenvalue weighted by atomic mass is 10.1. The normalized spacial score (nSPS) is 10.4. The van der Waals surface area contributed by atoms with Crippen LogP contribution in [0.2, 0.25) is 5.02 Å². The average molecular weight is 201 g/mol. The van der Waals surface area contributed by atoms with Gasteiger partial charge in [0, 0.05) is 0 Å². The van der Waals surface area contributed by atoms with Crippen LogP contribution in [0.3, 0.4) is 0 Å². The summed E-state index contributed by atoms with van der Waals surface area (Å²) in [6.45, 7) is 2.15. The SMILES string of the molecule is CCCCCc1cccc(F)c1Cl. The molecule has 0 amide bonds. The lowest BCUT2D eigenvalue weighted by Gasteiger charge is -2.03. The van der Waals surface area contributed by atoms with Crippen molar-refractivity contribution in [2.45, 2.75) is 32.6 Å². The van der Waals surface area contributed by atoms with Crippen molar-refractivity contribution < 1.29 is 4.39 Å². The molecular formula is C11H14ClF. The molecule has 0 unspecified atom stereocenters. The summed E-state index contributed by atoms with van der Waals surface area (Å²) in [4.78, 5) is 0. The van der Waals surface area contributed by atoms with E-state index in [0.29, 0.717) is 5.02 Å². The van der Waals surface area contributed by atoms with Crippen molar-refractivity contribution in [3.05, 3.63) is 34.6 Å². The van der Waals surface area contributed by atoms with E-state index in [1.54, 1.807) is 6.07 Å². The summed E-state index contributed by atoms with van der Waals surface area (Å²) in [5.74, 6) is -0.310. The molecule has 0 aliphatic heterocycles. The summed E-state index contributed by atoms with van der Waals surface area (Å²) in [5.41, 5.74) is 0.926. The lowest BCUT2D eigenvalue weighted by Crippen LogP contribution is -1.89. The minimum atomic E-state index is -0.310. The van der Waals surface area contributed by atoms with Crippen molar-refractivity contribution in [1.29, 1.82) is 0 Å². The minimum absolute atomic E-state index is 0.290. The zero-order valence-electron chi connectivity index (χ0n) is 7.82. The van der Waals surface area contributed by atoms with Crippen molar-refractivity contribution >= 4 is 11.6 Å². The monoisotopic (exact) mass is 200 g/mol. The van der Waals surface area contributed by atoms with E-state index in [2.05, 4.69) is 6.92 Å². The van der Waals surface area contributed by atoms with Gasteiger partial charge < -0.3 is 0 Å². The quantitative estimate of drug-likeness (QED) is 0.639. The van der Waals surface area contributed by atoms with Crippen LogP contribution in [0.15, 0.2) is 18.2 Å². The zero-order chi connectivity index (χ0) is 9.68. The third kappa shape index (κ3) is 3.00. The Morgan fingerprint density at radius 1 is 1.31 bits per heavy atom. The summed E-state index contributed by atoms with van der Waals surface area (Å²) in [6.07, 6.45) is 4.31. The topological polar surface area (TPSA) is 0 Å². The molecule has 1 aromatic rings. The Hall–Kier alpha value is -0.560. The number of hydrogen-bond donors (Lipinski definition) is 0. The van der Waals surface area contributed by atoms with E-state index in [-0.39, 0.29) is 5.82 Å². The highest BCUT2D eigenvalue weighted by atomic mass is 35.5. The molecule has 0 aromatic heterocycles. The number of benzene rings is 1. The van der Waals surface area contributed by atoms with Crippen LogP contribution in [0.25, 0.3) is 0 Å². The van der Waals surface area contributed by atoms with Crippen LogP contribution >= 0.6 is 11.6 Å². The van der Waals surface area contributed by atoms with Crippen molar-refractivity contribution in [2.24, 2.45) is 0 Å². The molecule has 0 fully saturated rings. The van der Waals surface area contributed by atoms with E-state index in [9.17, 15) is 4.39 Å². The first-order valence-corrected chi connectivity index (χ1v) is 5.06. The molecule has 1 rings (SSSR count). The zero-order valence-corrected chi connectivity index (χ0v) is 8.57. The molecule has 0 N–H and O–H groups in total. The maximum Gasteiger partial charge on any atom is 0.142 e. The maximum atomic E-state index is 13.0. The van der Waals surface area contributed by atoms with E-state index in [1.807, 2.05) is 6.07 Å². The largest absolute Gasteiger partial charge is 0.205 e. The molecule has 0 aliphatic rings. The molecule has 13 heavy (non-hydrogen) atoms. The molecule has 0 saturated carbocycles. The lowest BCUT2D eigenvalue weighted by molar-refractivity contribution is 0.623. The van der Waals surface area contributed by atoms with Gasteiger partial charge in [-0.05, 0) is 24.5 Å². The Morgan fingerprint density at radius 3 is 2.77 bits per heavy atom. The van der Waals surface area contributed by atoms with Crippen LogP contribution in [0.5, 0.6) is 0 Å². The molecule has 1 aromatic carbocycles. The second kappa shape index (κ2) is 5.23. The summed E-state index contributed by atoms with van der Waals surface area (Å²) in [7, 11) is 0. The van der Waals surface area contributed by atoms with Crippen LogP contribution in [0, 0.1) is 5.82 Å². The number of unbranched alkanes of at least 4 members (excludes halogenated alkanes) is 2. The van der Waals surface area contributed by atoms with Gasteiger partial charge in [-0.25, -0.2) is 4.39 Å². The Kier molecular flexibility index (Phi) is 4.23. The van der Waals surface area contributed by atoms with E-state index < -0.39 is 0 Å². The highest BCUT2D eigenvalue weighted by molar-refractivity contribution is 6.31. The minimum Gasteiger partial charge on any atom is -0.205 e. The van der Waals surface area contributed by atoms with Crippen LogP contribution in [0.4, 0.5) is 4.39 Å². The number of aryl methyl sites for hydroxylation is 1. The molecule has 0 aliphatic carbocycles. The second-order valence-electron chi connectivity index (χ2n) is 3.17. The highest BCUT2D eigenvalue weighted by Crippen LogP contribution is 2.21. The predicted octanol–water partition coefficient (Wildman–Crippen LogP) is 4.21. The van der Waals surface area contributed by atoms with Gasteiger partial charge in [-0.2, -0.15) is 0 Å². The van der Waals surface area contributed by atoms with Crippen molar-refractivity contribution in [2.75, 3.05) is 0 Å². The van der Waals surface area contributed by atoms with Crippen molar-refractivity contribution in [3.63, 3.8) is 0 Å². The molecule has 0 saturated heterocycles.